The first kappa shape index (κ1) is 25.4. The summed E-state index contributed by atoms with van der Waals surface area (Å²) in [5.41, 5.74) is 3.74. The van der Waals surface area contributed by atoms with E-state index in [9.17, 15) is 9.59 Å². The van der Waals surface area contributed by atoms with Gasteiger partial charge in [0, 0.05) is 11.8 Å². The summed E-state index contributed by atoms with van der Waals surface area (Å²) >= 11 is 0. The monoisotopic (exact) mass is 513 g/mol. The van der Waals surface area contributed by atoms with E-state index in [0.717, 1.165) is 17.5 Å². The van der Waals surface area contributed by atoms with Crippen molar-refractivity contribution in [2.75, 3.05) is 25.2 Å². The van der Waals surface area contributed by atoms with Crippen LogP contribution in [0.25, 0.3) is 11.0 Å². The molecule has 7 nitrogen and oxygen atoms in total. The Morgan fingerprint density at radius 2 is 1.71 bits per heavy atom. The Labute approximate surface area is 221 Å². The zero-order valence-electron chi connectivity index (χ0n) is 22.3. The number of ether oxygens (including phenoxy) is 3. The Kier molecular flexibility index (Phi) is 6.85. The zero-order valence-corrected chi connectivity index (χ0v) is 22.3. The molecule has 1 aliphatic rings. The van der Waals surface area contributed by atoms with Gasteiger partial charge in [-0.3, -0.25) is 14.5 Å². The first-order chi connectivity index (χ1) is 18.4. The lowest BCUT2D eigenvalue weighted by Gasteiger charge is -2.26. The summed E-state index contributed by atoms with van der Waals surface area (Å²) in [4.78, 5) is 29.5. The molecule has 38 heavy (non-hydrogen) atoms. The van der Waals surface area contributed by atoms with Crippen molar-refractivity contribution in [2.24, 2.45) is 0 Å². The molecule has 0 N–H and O–H groups in total. The van der Waals surface area contributed by atoms with E-state index in [4.69, 9.17) is 18.6 Å². The van der Waals surface area contributed by atoms with E-state index in [1.54, 1.807) is 18.1 Å². The number of anilines is 1. The highest BCUT2D eigenvalue weighted by atomic mass is 16.5. The van der Waals surface area contributed by atoms with Gasteiger partial charge < -0.3 is 18.6 Å². The van der Waals surface area contributed by atoms with Gasteiger partial charge in [0.05, 0.1) is 37.3 Å². The van der Waals surface area contributed by atoms with E-state index >= 15 is 0 Å². The van der Waals surface area contributed by atoms with E-state index in [1.165, 1.54) is 0 Å². The molecule has 1 amide bonds. The minimum atomic E-state index is -0.730. The summed E-state index contributed by atoms with van der Waals surface area (Å²) in [5, 5.41) is 0.449. The second-order valence-electron chi connectivity index (χ2n) is 9.37. The normalized spacial score (nSPS) is 14.6. The van der Waals surface area contributed by atoms with Crippen molar-refractivity contribution in [1.29, 1.82) is 0 Å². The first-order valence-corrected chi connectivity index (χ1v) is 12.8. The van der Waals surface area contributed by atoms with E-state index in [2.05, 4.69) is 0 Å². The van der Waals surface area contributed by atoms with Gasteiger partial charge in [-0.2, -0.15) is 0 Å². The van der Waals surface area contributed by atoms with Crippen molar-refractivity contribution in [1.82, 2.24) is 0 Å². The molecule has 4 aromatic rings. The van der Waals surface area contributed by atoms with Gasteiger partial charge in [-0.05, 0) is 80.3 Å². The van der Waals surface area contributed by atoms with Crippen molar-refractivity contribution in [3.8, 4) is 17.2 Å². The molecule has 0 bridgehead atoms. The molecule has 0 spiro atoms. The molecule has 7 heteroatoms. The molecule has 0 aliphatic carbocycles. The number of fused-ring (bicyclic) bond motifs is 2. The van der Waals surface area contributed by atoms with Crippen molar-refractivity contribution >= 4 is 22.6 Å². The number of hydrogen-bond acceptors (Lipinski definition) is 6. The van der Waals surface area contributed by atoms with Crippen LogP contribution >= 0.6 is 0 Å². The number of rotatable bonds is 8. The molecule has 1 atom stereocenters. The number of methoxy groups -OCH3 is 1. The van der Waals surface area contributed by atoms with Crippen LogP contribution in [0.15, 0.2) is 63.8 Å². The van der Waals surface area contributed by atoms with Gasteiger partial charge in [-0.15, -0.1) is 0 Å². The quantitative estimate of drug-likeness (QED) is 0.273. The van der Waals surface area contributed by atoms with E-state index in [0.29, 0.717) is 58.2 Å². The maximum atomic E-state index is 14.0. The van der Waals surface area contributed by atoms with Crippen LogP contribution in [0.1, 0.15) is 59.1 Å². The molecule has 0 fully saturated rings. The topological polar surface area (TPSA) is 78.2 Å². The predicted molar refractivity (Wildman–Crippen MR) is 147 cm³/mol. The number of aryl methyl sites for hydroxylation is 2. The molecule has 0 radical (unpaired) electrons. The highest BCUT2D eigenvalue weighted by Gasteiger charge is 2.44. The lowest BCUT2D eigenvalue weighted by Crippen LogP contribution is -2.29. The van der Waals surface area contributed by atoms with Crippen LogP contribution in [-0.2, 0) is 0 Å². The van der Waals surface area contributed by atoms with Crippen LogP contribution in [0.5, 0.6) is 17.2 Å². The van der Waals surface area contributed by atoms with Gasteiger partial charge >= 0.3 is 0 Å². The molecule has 1 aromatic heterocycles. The fraction of sp³-hybridized carbons (Fsp3) is 0.290. The number of nitrogens with zero attached hydrogens (tertiary/aromatic N) is 1. The Morgan fingerprint density at radius 3 is 2.45 bits per heavy atom. The molecule has 196 valence electrons. The Balaban J connectivity index is 1.77. The number of benzene rings is 3. The lowest BCUT2D eigenvalue weighted by molar-refractivity contribution is 0.0971. The molecule has 1 aliphatic heterocycles. The summed E-state index contributed by atoms with van der Waals surface area (Å²) in [6.07, 6.45) is 0.856. The van der Waals surface area contributed by atoms with E-state index < -0.39 is 6.04 Å². The average Bonchev–Trinajstić information content (AvgIpc) is 3.21. The maximum absolute atomic E-state index is 14.0. The van der Waals surface area contributed by atoms with Crippen LogP contribution in [0.2, 0.25) is 0 Å². The second kappa shape index (κ2) is 10.2. The standard InChI is InChI=1S/C31H31NO6/c1-6-13-37-24-12-11-20(16-26(24)36-7-2)28-27-29(33)23-14-18(3)19(4)15-25(23)38-30(27)31(34)32(28)21-9-8-10-22(17-21)35-5/h8-12,14-17,28H,6-7,13H2,1-5H3. The minimum Gasteiger partial charge on any atom is -0.497 e. The van der Waals surface area contributed by atoms with Crippen molar-refractivity contribution in [3.63, 3.8) is 0 Å². The van der Waals surface area contributed by atoms with Gasteiger partial charge in [0.25, 0.3) is 5.91 Å². The summed E-state index contributed by atoms with van der Waals surface area (Å²) in [6.45, 7) is 8.83. The van der Waals surface area contributed by atoms with Crippen LogP contribution in [-0.4, -0.2) is 26.2 Å². The molecule has 2 heterocycles. The number of amides is 1. The third-order valence-electron chi connectivity index (χ3n) is 6.86. The predicted octanol–water partition coefficient (Wildman–Crippen LogP) is 6.36. The highest BCUT2D eigenvalue weighted by Crippen LogP contribution is 2.44. The summed E-state index contributed by atoms with van der Waals surface area (Å²) < 4.78 is 23.4. The van der Waals surface area contributed by atoms with Gasteiger partial charge in [0.15, 0.2) is 16.9 Å². The van der Waals surface area contributed by atoms with Gasteiger partial charge in [0.2, 0.25) is 5.76 Å². The zero-order chi connectivity index (χ0) is 27.0. The van der Waals surface area contributed by atoms with Crippen molar-refractivity contribution in [2.45, 2.75) is 40.2 Å². The van der Waals surface area contributed by atoms with Crippen LogP contribution in [0, 0.1) is 13.8 Å². The highest BCUT2D eigenvalue weighted by molar-refractivity contribution is 6.10. The summed E-state index contributed by atoms with van der Waals surface area (Å²) in [5.74, 6) is 1.43. The molecule has 3 aromatic carbocycles. The third kappa shape index (κ3) is 4.28. The van der Waals surface area contributed by atoms with E-state index in [-0.39, 0.29) is 17.1 Å². The van der Waals surface area contributed by atoms with Crippen molar-refractivity contribution in [3.05, 3.63) is 92.8 Å². The SMILES string of the molecule is CCCOc1ccc(C2c3c(oc4cc(C)c(C)cc4c3=O)C(=O)N2c2cccc(OC)c2)cc1OCC. The molecular weight excluding hydrogens is 482 g/mol. The number of hydrogen-bond donors (Lipinski definition) is 0. The van der Waals surface area contributed by atoms with Crippen LogP contribution in [0.4, 0.5) is 5.69 Å². The Bertz CT molecular complexity index is 1590. The smallest absolute Gasteiger partial charge is 0.295 e. The Morgan fingerprint density at radius 1 is 0.921 bits per heavy atom. The Hall–Kier alpha value is -4.26. The first-order valence-electron chi connectivity index (χ1n) is 12.8. The van der Waals surface area contributed by atoms with E-state index in [1.807, 2.05) is 76.2 Å². The second-order valence-corrected chi connectivity index (χ2v) is 9.37. The van der Waals surface area contributed by atoms with Gasteiger partial charge in [-0.25, -0.2) is 0 Å². The lowest BCUT2D eigenvalue weighted by atomic mass is 9.97. The minimum absolute atomic E-state index is 0.0443. The largest absolute Gasteiger partial charge is 0.497 e. The van der Waals surface area contributed by atoms with Gasteiger partial charge in [0.1, 0.15) is 11.3 Å². The number of carbonyl (C=O) groups is 1. The third-order valence-corrected chi connectivity index (χ3v) is 6.86. The number of carbonyl (C=O) groups excluding carboxylic acids is 1. The van der Waals surface area contributed by atoms with Crippen LogP contribution in [0.3, 0.4) is 0 Å². The van der Waals surface area contributed by atoms with Crippen molar-refractivity contribution < 1.29 is 23.4 Å². The average molecular weight is 514 g/mol. The fourth-order valence-electron chi connectivity index (χ4n) is 4.86. The molecule has 5 rings (SSSR count). The van der Waals surface area contributed by atoms with Crippen LogP contribution < -0.4 is 24.5 Å². The molecule has 0 saturated heterocycles. The fourth-order valence-corrected chi connectivity index (χ4v) is 4.86. The summed E-state index contributed by atoms with van der Waals surface area (Å²) in [7, 11) is 1.57. The molecule has 1 unspecified atom stereocenters. The molecule has 0 saturated carbocycles. The summed E-state index contributed by atoms with van der Waals surface area (Å²) in [6, 6.07) is 15.7. The molecular formula is C31H31NO6. The van der Waals surface area contributed by atoms with Gasteiger partial charge in [-0.1, -0.05) is 19.1 Å². The maximum Gasteiger partial charge on any atom is 0.295 e.